The Morgan fingerprint density at radius 3 is 1.68 bits per heavy atom. The highest BCUT2D eigenvalue weighted by atomic mass is 32.3. The fourth-order valence-corrected chi connectivity index (χ4v) is 6.14. The predicted octanol–water partition coefficient (Wildman–Crippen LogP) is 2.97. The number of nitrogens with zero attached hydrogens (tertiary/aromatic N) is 1. The summed E-state index contributed by atoms with van der Waals surface area (Å²) in [5, 5.41) is -0.625. The standard InChI is InChI=1S/C13H21NO3S2/c1-10(2)18(15,11(3)4)14-19(16,17)13-8-6-12(5)7-9-13/h6-11H,1-5H3. The van der Waals surface area contributed by atoms with Crippen LogP contribution in [-0.2, 0) is 19.8 Å². The van der Waals surface area contributed by atoms with Crippen LogP contribution in [0.15, 0.2) is 32.9 Å². The zero-order valence-corrected chi connectivity index (χ0v) is 13.6. The molecule has 0 spiro atoms. The molecule has 0 N–H and O–H groups in total. The molecule has 0 aliphatic heterocycles. The molecule has 19 heavy (non-hydrogen) atoms. The van der Waals surface area contributed by atoms with E-state index in [2.05, 4.69) is 3.77 Å². The summed E-state index contributed by atoms with van der Waals surface area (Å²) in [4.78, 5) is 0.0899. The number of aryl methyl sites for hydroxylation is 1. The summed E-state index contributed by atoms with van der Waals surface area (Å²) in [6.07, 6.45) is 0. The van der Waals surface area contributed by atoms with E-state index in [1.165, 1.54) is 12.1 Å². The molecule has 0 heterocycles. The van der Waals surface area contributed by atoms with E-state index in [4.69, 9.17) is 0 Å². The lowest BCUT2D eigenvalue weighted by atomic mass is 10.2. The van der Waals surface area contributed by atoms with Crippen molar-refractivity contribution in [2.24, 2.45) is 3.77 Å². The Balaban J connectivity index is 3.44. The van der Waals surface area contributed by atoms with Gasteiger partial charge in [-0.25, -0.2) is 4.21 Å². The van der Waals surface area contributed by atoms with Gasteiger partial charge in [-0.1, -0.05) is 45.4 Å². The summed E-state index contributed by atoms with van der Waals surface area (Å²) >= 11 is 0. The fraction of sp³-hybridized carbons (Fsp3) is 0.538. The molecule has 1 aromatic rings. The van der Waals surface area contributed by atoms with E-state index < -0.39 is 19.8 Å². The third-order valence-electron chi connectivity index (χ3n) is 2.88. The van der Waals surface area contributed by atoms with Gasteiger partial charge in [-0.15, -0.1) is 3.77 Å². The van der Waals surface area contributed by atoms with Gasteiger partial charge in [0.05, 0.1) is 14.6 Å². The zero-order valence-electron chi connectivity index (χ0n) is 12.0. The molecule has 108 valence electrons. The van der Waals surface area contributed by atoms with Gasteiger partial charge in [-0.3, -0.25) is 0 Å². The number of hydrogen-bond donors (Lipinski definition) is 0. The molecule has 1 aromatic carbocycles. The Bertz CT molecular complexity index is 636. The minimum Gasteiger partial charge on any atom is -0.248 e. The third-order valence-corrected chi connectivity index (χ3v) is 8.17. The first-order chi connectivity index (χ1) is 8.59. The van der Waals surface area contributed by atoms with Crippen molar-refractivity contribution in [1.29, 1.82) is 0 Å². The van der Waals surface area contributed by atoms with Gasteiger partial charge in [0.15, 0.2) is 0 Å². The normalized spacial score (nSPS) is 13.0. The Labute approximate surface area is 116 Å². The van der Waals surface area contributed by atoms with Gasteiger partial charge in [0.1, 0.15) is 0 Å². The Kier molecular flexibility index (Phi) is 4.79. The molecule has 0 aliphatic rings. The molecule has 0 aliphatic carbocycles. The Hall–Kier alpha value is -0.880. The molecule has 0 unspecified atom stereocenters. The number of sulfonamides is 1. The lowest BCUT2D eigenvalue weighted by Gasteiger charge is -2.17. The largest absolute Gasteiger partial charge is 0.290 e. The highest BCUT2D eigenvalue weighted by Crippen LogP contribution is 2.20. The van der Waals surface area contributed by atoms with Gasteiger partial charge in [-0.05, 0) is 19.1 Å². The first-order valence-electron chi connectivity index (χ1n) is 6.17. The van der Waals surface area contributed by atoms with Gasteiger partial charge in [0.2, 0.25) is 0 Å². The van der Waals surface area contributed by atoms with Crippen LogP contribution in [0.2, 0.25) is 0 Å². The Morgan fingerprint density at radius 2 is 1.32 bits per heavy atom. The quantitative estimate of drug-likeness (QED) is 0.859. The van der Waals surface area contributed by atoms with Crippen LogP contribution in [0.5, 0.6) is 0 Å². The van der Waals surface area contributed by atoms with Crippen LogP contribution in [0.4, 0.5) is 0 Å². The lowest BCUT2D eigenvalue weighted by Crippen LogP contribution is -2.24. The molecule has 0 fully saturated rings. The Morgan fingerprint density at radius 1 is 0.895 bits per heavy atom. The van der Waals surface area contributed by atoms with Crippen LogP contribution >= 0.6 is 0 Å². The number of hydrogen-bond acceptors (Lipinski definition) is 3. The van der Waals surface area contributed by atoms with Crippen molar-refractivity contribution in [3.8, 4) is 0 Å². The number of rotatable bonds is 4. The smallest absolute Gasteiger partial charge is 0.248 e. The van der Waals surface area contributed by atoms with Crippen molar-refractivity contribution >= 4 is 19.8 Å². The van der Waals surface area contributed by atoms with E-state index in [-0.39, 0.29) is 15.4 Å². The molecule has 0 saturated carbocycles. The molecule has 0 bridgehead atoms. The minimum atomic E-state index is -3.88. The third kappa shape index (κ3) is 3.57. The van der Waals surface area contributed by atoms with Crippen LogP contribution in [-0.4, -0.2) is 23.1 Å². The van der Waals surface area contributed by atoms with E-state index in [9.17, 15) is 12.6 Å². The highest BCUT2D eigenvalue weighted by Gasteiger charge is 2.24. The maximum Gasteiger partial charge on any atom is 0.290 e. The van der Waals surface area contributed by atoms with Gasteiger partial charge in [0, 0.05) is 10.5 Å². The first kappa shape index (κ1) is 16.2. The molecule has 0 saturated heterocycles. The molecular formula is C13H21NO3S2. The second-order valence-corrected chi connectivity index (χ2v) is 10.2. The minimum absolute atomic E-state index is 0.0899. The monoisotopic (exact) mass is 303 g/mol. The molecule has 1 rings (SSSR count). The van der Waals surface area contributed by atoms with Crippen LogP contribution in [0.1, 0.15) is 33.3 Å². The second-order valence-electron chi connectivity index (χ2n) is 5.07. The zero-order chi connectivity index (χ0) is 14.8. The fourth-order valence-electron chi connectivity index (χ4n) is 1.62. The van der Waals surface area contributed by atoms with E-state index in [0.29, 0.717) is 0 Å². The topological polar surface area (TPSA) is 63.6 Å². The van der Waals surface area contributed by atoms with Crippen LogP contribution in [0, 0.1) is 6.92 Å². The summed E-state index contributed by atoms with van der Waals surface area (Å²) in [6.45, 7) is 8.80. The second kappa shape index (κ2) is 5.63. The lowest BCUT2D eigenvalue weighted by molar-refractivity contribution is 0.597. The maximum atomic E-state index is 12.7. The van der Waals surface area contributed by atoms with Gasteiger partial charge >= 0.3 is 0 Å². The molecule has 0 atom stereocenters. The molecule has 0 aromatic heterocycles. The van der Waals surface area contributed by atoms with E-state index >= 15 is 0 Å². The summed E-state index contributed by atoms with van der Waals surface area (Å²) in [7, 11) is -6.68. The van der Waals surface area contributed by atoms with Crippen molar-refractivity contribution in [3.63, 3.8) is 0 Å². The molecule has 6 heteroatoms. The van der Waals surface area contributed by atoms with Crippen LogP contribution in [0.25, 0.3) is 0 Å². The van der Waals surface area contributed by atoms with Crippen molar-refractivity contribution in [2.75, 3.05) is 0 Å². The predicted molar refractivity (Wildman–Crippen MR) is 79.2 cm³/mol. The van der Waals surface area contributed by atoms with E-state index in [1.54, 1.807) is 39.8 Å². The van der Waals surface area contributed by atoms with Crippen molar-refractivity contribution in [2.45, 2.75) is 50.0 Å². The number of benzene rings is 1. The molecule has 4 nitrogen and oxygen atoms in total. The summed E-state index contributed by atoms with van der Waals surface area (Å²) < 4.78 is 40.9. The summed E-state index contributed by atoms with van der Waals surface area (Å²) in [5.41, 5.74) is 0.965. The molecule has 0 radical (unpaired) electrons. The van der Waals surface area contributed by atoms with E-state index in [1.807, 2.05) is 6.92 Å². The first-order valence-corrected chi connectivity index (χ1v) is 9.25. The molecule has 0 amide bonds. The average molecular weight is 303 g/mol. The van der Waals surface area contributed by atoms with Crippen molar-refractivity contribution < 1.29 is 12.6 Å². The van der Waals surface area contributed by atoms with Gasteiger partial charge in [0.25, 0.3) is 10.0 Å². The van der Waals surface area contributed by atoms with Crippen LogP contribution < -0.4 is 0 Å². The van der Waals surface area contributed by atoms with Crippen molar-refractivity contribution in [3.05, 3.63) is 29.8 Å². The van der Waals surface area contributed by atoms with E-state index in [0.717, 1.165) is 5.56 Å². The summed E-state index contributed by atoms with van der Waals surface area (Å²) in [5.74, 6) is 0. The SMILES string of the molecule is Cc1ccc(S(=O)(=O)N=S(=O)(C(C)C)C(C)C)cc1. The molecular weight excluding hydrogens is 282 g/mol. The van der Waals surface area contributed by atoms with Crippen LogP contribution in [0.3, 0.4) is 0 Å². The highest BCUT2D eigenvalue weighted by molar-refractivity contribution is 8.03. The van der Waals surface area contributed by atoms with Gasteiger partial charge in [-0.2, -0.15) is 8.42 Å². The van der Waals surface area contributed by atoms with Gasteiger partial charge < -0.3 is 0 Å². The summed E-state index contributed by atoms with van der Waals surface area (Å²) in [6, 6.07) is 6.40. The average Bonchev–Trinajstić information content (AvgIpc) is 2.28. The van der Waals surface area contributed by atoms with Crippen molar-refractivity contribution in [1.82, 2.24) is 0 Å². The maximum absolute atomic E-state index is 12.7.